The van der Waals surface area contributed by atoms with Crippen LogP contribution in [0.25, 0.3) is 0 Å². The molecule has 24 heavy (non-hydrogen) atoms. The van der Waals surface area contributed by atoms with Crippen molar-refractivity contribution in [3.8, 4) is 0 Å². The van der Waals surface area contributed by atoms with Crippen molar-refractivity contribution in [1.29, 1.82) is 0 Å². The number of amides is 1. The predicted octanol–water partition coefficient (Wildman–Crippen LogP) is 3.70. The van der Waals surface area contributed by atoms with E-state index in [1.54, 1.807) is 0 Å². The highest BCUT2D eigenvalue weighted by Gasteiger charge is 2.53. The molecule has 7 heteroatoms. The van der Waals surface area contributed by atoms with Gasteiger partial charge in [-0.05, 0) is 18.8 Å². The Morgan fingerprint density at radius 2 is 1.83 bits per heavy atom. The Bertz CT molecular complexity index is 460. The SMILES string of the molecule is CCCC(CC1CCCC1)C(=O)N1C[C@@H](C(F)(F)F)[C@H](C(=O)O)C1. The van der Waals surface area contributed by atoms with E-state index in [0.717, 1.165) is 43.4 Å². The summed E-state index contributed by atoms with van der Waals surface area (Å²) >= 11 is 0. The minimum Gasteiger partial charge on any atom is -0.481 e. The van der Waals surface area contributed by atoms with E-state index in [0.29, 0.717) is 12.3 Å². The summed E-state index contributed by atoms with van der Waals surface area (Å²) in [5, 5.41) is 9.08. The average molecular weight is 349 g/mol. The van der Waals surface area contributed by atoms with Crippen molar-refractivity contribution >= 4 is 11.9 Å². The predicted molar refractivity (Wildman–Crippen MR) is 82.2 cm³/mol. The van der Waals surface area contributed by atoms with Crippen molar-refractivity contribution < 1.29 is 27.9 Å². The quantitative estimate of drug-likeness (QED) is 0.795. The summed E-state index contributed by atoms with van der Waals surface area (Å²) in [5.41, 5.74) is 0. The number of aliphatic carboxylic acids is 1. The highest BCUT2D eigenvalue weighted by molar-refractivity contribution is 5.81. The van der Waals surface area contributed by atoms with Gasteiger partial charge in [0.05, 0.1) is 11.8 Å². The molecule has 1 aliphatic carbocycles. The number of carbonyl (C=O) groups is 2. The van der Waals surface area contributed by atoms with Crippen LogP contribution in [0.2, 0.25) is 0 Å². The largest absolute Gasteiger partial charge is 0.481 e. The number of hydrogen-bond acceptors (Lipinski definition) is 2. The molecule has 1 unspecified atom stereocenters. The zero-order chi connectivity index (χ0) is 17.9. The van der Waals surface area contributed by atoms with Gasteiger partial charge < -0.3 is 10.0 Å². The van der Waals surface area contributed by atoms with Gasteiger partial charge in [0.25, 0.3) is 0 Å². The van der Waals surface area contributed by atoms with Crippen molar-refractivity contribution in [3.63, 3.8) is 0 Å². The Hall–Kier alpha value is -1.27. The second-order valence-electron chi connectivity index (χ2n) is 7.21. The lowest BCUT2D eigenvalue weighted by molar-refractivity contribution is -0.188. The molecule has 0 aromatic carbocycles. The van der Waals surface area contributed by atoms with Crippen LogP contribution in [0.1, 0.15) is 51.9 Å². The maximum atomic E-state index is 13.1. The average Bonchev–Trinajstić information content (AvgIpc) is 3.14. The van der Waals surface area contributed by atoms with E-state index in [4.69, 9.17) is 5.11 Å². The van der Waals surface area contributed by atoms with E-state index in [1.165, 1.54) is 0 Å². The Morgan fingerprint density at radius 3 is 2.29 bits per heavy atom. The Balaban J connectivity index is 2.07. The van der Waals surface area contributed by atoms with Gasteiger partial charge in [0.2, 0.25) is 5.91 Å². The Kier molecular flexibility index (Phi) is 6.15. The number of rotatable bonds is 6. The van der Waals surface area contributed by atoms with E-state index >= 15 is 0 Å². The molecule has 3 atom stereocenters. The van der Waals surface area contributed by atoms with Crippen molar-refractivity contribution in [1.82, 2.24) is 4.90 Å². The van der Waals surface area contributed by atoms with Crippen LogP contribution in [0, 0.1) is 23.7 Å². The molecule has 1 saturated carbocycles. The molecular formula is C17H26F3NO3. The second kappa shape index (κ2) is 7.74. The maximum Gasteiger partial charge on any atom is 0.394 e. The van der Waals surface area contributed by atoms with Crippen molar-refractivity contribution in [2.24, 2.45) is 23.7 Å². The molecule has 2 fully saturated rings. The molecule has 1 heterocycles. The molecule has 1 amide bonds. The fraction of sp³-hybridized carbons (Fsp3) is 0.882. The molecule has 1 aliphatic heterocycles. The van der Waals surface area contributed by atoms with Crippen molar-refractivity contribution in [2.45, 2.75) is 58.0 Å². The molecule has 4 nitrogen and oxygen atoms in total. The summed E-state index contributed by atoms with van der Waals surface area (Å²) in [6.45, 7) is 1.10. The van der Waals surface area contributed by atoms with Crippen LogP contribution in [0.15, 0.2) is 0 Å². The van der Waals surface area contributed by atoms with E-state index < -0.39 is 30.5 Å². The molecule has 138 valence electrons. The van der Waals surface area contributed by atoms with Crippen LogP contribution >= 0.6 is 0 Å². The summed E-state index contributed by atoms with van der Waals surface area (Å²) in [6.07, 6.45) is 2.04. The third kappa shape index (κ3) is 4.42. The summed E-state index contributed by atoms with van der Waals surface area (Å²) in [5.74, 6) is -5.09. The first-order chi connectivity index (χ1) is 11.2. The van der Waals surface area contributed by atoms with Crippen LogP contribution in [0.3, 0.4) is 0 Å². The number of likely N-dealkylation sites (tertiary alicyclic amines) is 1. The van der Waals surface area contributed by atoms with Crippen molar-refractivity contribution in [3.05, 3.63) is 0 Å². The summed E-state index contributed by atoms with van der Waals surface area (Å²) in [7, 11) is 0. The number of nitrogens with zero attached hydrogens (tertiary/aromatic N) is 1. The summed E-state index contributed by atoms with van der Waals surface area (Å²) in [6, 6.07) is 0. The fourth-order valence-electron chi connectivity index (χ4n) is 4.16. The molecule has 2 rings (SSSR count). The van der Waals surface area contributed by atoms with E-state index in [9.17, 15) is 22.8 Å². The van der Waals surface area contributed by atoms with Gasteiger partial charge in [0.1, 0.15) is 0 Å². The van der Waals surface area contributed by atoms with Crippen LogP contribution < -0.4 is 0 Å². The number of carbonyl (C=O) groups excluding carboxylic acids is 1. The zero-order valence-corrected chi connectivity index (χ0v) is 14.0. The van der Waals surface area contributed by atoms with Gasteiger partial charge in [-0.3, -0.25) is 9.59 Å². The van der Waals surface area contributed by atoms with Gasteiger partial charge in [-0.1, -0.05) is 39.0 Å². The molecule has 0 bridgehead atoms. The molecule has 0 aromatic rings. The lowest BCUT2D eigenvalue weighted by Crippen LogP contribution is -2.36. The monoisotopic (exact) mass is 349 g/mol. The molecular weight excluding hydrogens is 323 g/mol. The number of hydrogen-bond donors (Lipinski definition) is 1. The standard InChI is InChI=1S/C17H26F3NO3/c1-2-5-12(8-11-6-3-4-7-11)15(22)21-9-13(16(23)24)14(10-21)17(18,19)20/h11-14H,2-10H2,1H3,(H,23,24)/t12?,13-,14-/m1/s1. The minimum atomic E-state index is -4.59. The first kappa shape index (κ1) is 19.1. The van der Waals surface area contributed by atoms with Gasteiger partial charge >= 0.3 is 12.1 Å². The van der Waals surface area contributed by atoms with Gasteiger partial charge in [-0.2, -0.15) is 13.2 Å². The summed E-state index contributed by atoms with van der Waals surface area (Å²) < 4.78 is 39.2. The van der Waals surface area contributed by atoms with E-state index in [1.807, 2.05) is 6.92 Å². The number of halogens is 3. The lowest BCUT2D eigenvalue weighted by atomic mass is 9.89. The van der Waals surface area contributed by atoms with Gasteiger partial charge in [0.15, 0.2) is 0 Å². The first-order valence-corrected chi connectivity index (χ1v) is 8.82. The second-order valence-corrected chi connectivity index (χ2v) is 7.21. The molecule has 1 N–H and O–H groups in total. The molecule has 0 spiro atoms. The number of carboxylic acid groups (broad SMARTS) is 1. The maximum absolute atomic E-state index is 13.1. The van der Waals surface area contributed by atoms with Crippen LogP contribution in [0.4, 0.5) is 13.2 Å². The fourth-order valence-corrected chi connectivity index (χ4v) is 4.16. The Morgan fingerprint density at radius 1 is 1.21 bits per heavy atom. The topological polar surface area (TPSA) is 57.6 Å². The summed E-state index contributed by atoms with van der Waals surface area (Å²) in [4.78, 5) is 25.0. The molecule has 0 radical (unpaired) electrons. The van der Waals surface area contributed by atoms with E-state index in [-0.39, 0.29) is 18.4 Å². The number of alkyl halides is 3. The third-order valence-corrected chi connectivity index (χ3v) is 5.45. The zero-order valence-electron chi connectivity index (χ0n) is 14.0. The Labute approximate surface area is 140 Å². The minimum absolute atomic E-state index is 0.278. The van der Waals surface area contributed by atoms with Crippen molar-refractivity contribution in [2.75, 3.05) is 13.1 Å². The first-order valence-electron chi connectivity index (χ1n) is 8.82. The normalized spacial score (nSPS) is 26.8. The van der Waals surface area contributed by atoms with E-state index in [2.05, 4.69) is 0 Å². The highest BCUT2D eigenvalue weighted by atomic mass is 19.4. The van der Waals surface area contributed by atoms with Gasteiger partial charge in [-0.15, -0.1) is 0 Å². The van der Waals surface area contributed by atoms with Crippen LogP contribution in [-0.2, 0) is 9.59 Å². The van der Waals surface area contributed by atoms with Gasteiger partial charge in [0, 0.05) is 19.0 Å². The highest BCUT2D eigenvalue weighted by Crippen LogP contribution is 2.39. The van der Waals surface area contributed by atoms with Crippen LogP contribution in [-0.4, -0.2) is 41.1 Å². The molecule has 0 aromatic heterocycles. The van der Waals surface area contributed by atoms with Crippen LogP contribution in [0.5, 0.6) is 0 Å². The third-order valence-electron chi connectivity index (χ3n) is 5.45. The molecule has 1 saturated heterocycles. The number of carboxylic acids is 1. The smallest absolute Gasteiger partial charge is 0.394 e. The lowest BCUT2D eigenvalue weighted by Gasteiger charge is -2.25. The van der Waals surface area contributed by atoms with Gasteiger partial charge in [-0.25, -0.2) is 0 Å². The molecule has 2 aliphatic rings.